The quantitative estimate of drug-likeness (QED) is 0.551. The van der Waals surface area contributed by atoms with E-state index in [1.807, 2.05) is 0 Å². The summed E-state index contributed by atoms with van der Waals surface area (Å²) in [5, 5.41) is 3.07. The molecule has 1 aliphatic heterocycles. The Balaban J connectivity index is 2.45. The maximum Gasteiger partial charge on any atom is 0.237 e. The molecule has 0 bridgehead atoms. The van der Waals surface area contributed by atoms with Crippen LogP contribution in [0.15, 0.2) is 12.7 Å². The van der Waals surface area contributed by atoms with E-state index in [1.165, 1.54) is 0 Å². The zero-order valence-electron chi connectivity index (χ0n) is 9.83. The molecule has 3 nitrogen and oxygen atoms in total. The highest BCUT2D eigenvalue weighted by molar-refractivity contribution is 5.79. The second kappa shape index (κ2) is 5.91. The number of nitrogens with zero attached hydrogens (tertiary/aromatic N) is 1. The number of rotatable bonds is 5. The van der Waals surface area contributed by atoms with Crippen LogP contribution in [0, 0.1) is 0 Å². The standard InChI is InChI=1S/C12H22N2O/c1-4-8-13-9-12(15)14-10(3)6-7-11(14)5-2/h4,10-11,13H,1,5-9H2,2-3H3. The van der Waals surface area contributed by atoms with Gasteiger partial charge in [0.1, 0.15) is 0 Å². The van der Waals surface area contributed by atoms with Gasteiger partial charge in [-0.2, -0.15) is 0 Å². The number of carbonyl (C=O) groups is 1. The maximum atomic E-state index is 11.9. The molecule has 1 fully saturated rings. The minimum absolute atomic E-state index is 0.230. The summed E-state index contributed by atoms with van der Waals surface area (Å²) < 4.78 is 0. The molecule has 1 saturated heterocycles. The second-order valence-electron chi connectivity index (χ2n) is 4.21. The first kappa shape index (κ1) is 12.2. The number of amides is 1. The smallest absolute Gasteiger partial charge is 0.237 e. The van der Waals surface area contributed by atoms with Crippen LogP contribution in [0.25, 0.3) is 0 Å². The van der Waals surface area contributed by atoms with Crippen molar-refractivity contribution in [3.05, 3.63) is 12.7 Å². The Morgan fingerprint density at radius 1 is 1.60 bits per heavy atom. The fourth-order valence-corrected chi connectivity index (χ4v) is 2.29. The molecule has 1 aliphatic rings. The summed E-state index contributed by atoms with van der Waals surface area (Å²) in [5.74, 6) is 0.230. The number of carbonyl (C=O) groups excluding carboxylic acids is 1. The third-order valence-electron chi connectivity index (χ3n) is 3.11. The van der Waals surface area contributed by atoms with Crippen molar-refractivity contribution >= 4 is 5.91 Å². The van der Waals surface area contributed by atoms with E-state index in [1.54, 1.807) is 6.08 Å². The van der Waals surface area contributed by atoms with E-state index in [0.29, 0.717) is 25.2 Å². The first-order valence-corrected chi connectivity index (χ1v) is 5.83. The van der Waals surface area contributed by atoms with Crippen LogP contribution < -0.4 is 5.32 Å². The average Bonchev–Trinajstić information content (AvgIpc) is 2.59. The third-order valence-corrected chi connectivity index (χ3v) is 3.11. The van der Waals surface area contributed by atoms with Crippen LogP contribution in [0.3, 0.4) is 0 Å². The predicted octanol–water partition coefficient (Wildman–Crippen LogP) is 1.55. The summed E-state index contributed by atoms with van der Waals surface area (Å²) in [6, 6.07) is 0.867. The predicted molar refractivity (Wildman–Crippen MR) is 62.7 cm³/mol. The van der Waals surface area contributed by atoms with Crippen LogP contribution in [0.5, 0.6) is 0 Å². The van der Waals surface area contributed by atoms with Gasteiger partial charge in [0.05, 0.1) is 6.54 Å². The van der Waals surface area contributed by atoms with Crippen molar-refractivity contribution in [2.75, 3.05) is 13.1 Å². The highest BCUT2D eigenvalue weighted by Crippen LogP contribution is 2.25. The normalized spacial score (nSPS) is 25.6. The monoisotopic (exact) mass is 210 g/mol. The molecule has 86 valence electrons. The second-order valence-corrected chi connectivity index (χ2v) is 4.21. The molecule has 2 unspecified atom stereocenters. The van der Waals surface area contributed by atoms with E-state index >= 15 is 0 Å². The van der Waals surface area contributed by atoms with Crippen molar-refractivity contribution in [1.29, 1.82) is 0 Å². The third kappa shape index (κ3) is 3.06. The lowest BCUT2D eigenvalue weighted by molar-refractivity contribution is -0.132. The Kier molecular flexibility index (Phi) is 4.82. The molecule has 0 radical (unpaired) electrons. The number of hydrogen-bond acceptors (Lipinski definition) is 2. The van der Waals surface area contributed by atoms with Gasteiger partial charge in [-0.3, -0.25) is 4.79 Å². The van der Waals surface area contributed by atoms with Crippen LogP contribution in [-0.4, -0.2) is 36.0 Å². The Morgan fingerprint density at radius 3 is 2.93 bits per heavy atom. The maximum absolute atomic E-state index is 11.9. The summed E-state index contributed by atoms with van der Waals surface area (Å²) >= 11 is 0. The Morgan fingerprint density at radius 2 is 2.33 bits per heavy atom. The van der Waals surface area contributed by atoms with Crippen molar-refractivity contribution < 1.29 is 4.79 Å². The highest BCUT2D eigenvalue weighted by Gasteiger charge is 2.32. The van der Waals surface area contributed by atoms with Crippen LogP contribution in [-0.2, 0) is 4.79 Å². The van der Waals surface area contributed by atoms with E-state index < -0.39 is 0 Å². The lowest BCUT2D eigenvalue weighted by Crippen LogP contribution is -2.44. The highest BCUT2D eigenvalue weighted by atomic mass is 16.2. The number of likely N-dealkylation sites (tertiary alicyclic amines) is 1. The van der Waals surface area contributed by atoms with Gasteiger partial charge in [0.25, 0.3) is 0 Å². The van der Waals surface area contributed by atoms with Crippen LogP contribution in [0.4, 0.5) is 0 Å². The zero-order valence-corrected chi connectivity index (χ0v) is 9.83. The van der Waals surface area contributed by atoms with E-state index in [9.17, 15) is 4.79 Å². The molecule has 1 rings (SSSR count). The summed E-state index contributed by atoms with van der Waals surface area (Å²) in [4.78, 5) is 14.0. The lowest BCUT2D eigenvalue weighted by atomic mass is 10.1. The fourth-order valence-electron chi connectivity index (χ4n) is 2.29. The van der Waals surface area contributed by atoms with Gasteiger partial charge in [-0.1, -0.05) is 13.0 Å². The van der Waals surface area contributed by atoms with E-state index in [-0.39, 0.29) is 5.91 Å². The van der Waals surface area contributed by atoms with Crippen molar-refractivity contribution in [2.45, 2.75) is 45.2 Å². The molecular weight excluding hydrogens is 188 g/mol. The molecule has 1 amide bonds. The van der Waals surface area contributed by atoms with E-state index in [0.717, 1.165) is 19.3 Å². The zero-order chi connectivity index (χ0) is 11.3. The fraction of sp³-hybridized carbons (Fsp3) is 0.750. The summed E-state index contributed by atoms with van der Waals surface area (Å²) in [7, 11) is 0. The van der Waals surface area contributed by atoms with Crippen molar-refractivity contribution in [3.8, 4) is 0 Å². The van der Waals surface area contributed by atoms with E-state index in [4.69, 9.17) is 0 Å². The lowest BCUT2D eigenvalue weighted by Gasteiger charge is -2.28. The molecule has 1 N–H and O–H groups in total. The number of nitrogens with one attached hydrogen (secondary N) is 1. The first-order chi connectivity index (χ1) is 7.20. The van der Waals surface area contributed by atoms with Crippen molar-refractivity contribution in [1.82, 2.24) is 10.2 Å². The largest absolute Gasteiger partial charge is 0.336 e. The first-order valence-electron chi connectivity index (χ1n) is 5.83. The molecule has 15 heavy (non-hydrogen) atoms. The molecule has 0 aromatic rings. The SMILES string of the molecule is C=CCNCC(=O)N1C(C)CCC1CC. The molecule has 0 saturated carbocycles. The summed E-state index contributed by atoms with van der Waals surface area (Å²) in [6.45, 7) is 9.04. The molecule has 2 atom stereocenters. The summed E-state index contributed by atoms with van der Waals surface area (Å²) in [6.07, 6.45) is 5.14. The van der Waals surface area contributed by atoms with Gasteiger partial charge in [0, 0.05) is 18.6 Å². The van der Waals surface area contributed by atoms with Crippen LogP contribution in [0.2, 0.25) is 0 Å². The van der Waals surface area contributed by atoms with Gasteiger partial charge in [-0.05, 0) is 26.2 Å². The molecule has 0 aromatic heterocycles. The Bertz CT molecular complexity index is 228. The van der Waals surface area contributed by atoms with Crippen molar-refractivity contribution in [3.63, 3.8) is 0 Å². The van der Waals surface area contributed by atoms with Gasteiger partial charge in [0.2, 0.25) is 5.91 Å². The molecule has 0 aromatic carbocycles. The minimum atomic E-state index is 0.230. The topological polar surface area (TPSA) is 32.3 Å². The van der Waals surface area contributed by atoms with Gasteiger partial charge in [-0.15, -0.1) is 6.58 Å². The molecule has 1 heterocycles. The Hall–Kier alpha value is -0.830. The van der Waals surface area contributed by atoms with Gasteiger partial charge >= 0.3 is 0 Å². The van der Waals surface area contributed by atoms with Crippen molar-refractivity contribution in [2.24, 2.45) is 0 Å². The Labute approximate surface area is 92.5 Å². The molecular formula is C12H22N2O. The van der Waals surface area contributed by atoms with Crippen LogP contribution in [0.1, 0.15) is 33.1 Å². The minimum Gasteiger partial charge on any atom is -0.336 e. The van der Waals surface area contributed by atoms with Gasteiger partial charge in [0.15, 0.2) is 0 Å². The van der Waals surface area contributed by atoms with Gasteiger partial charge < -0.3 is 10.2 Å². The average molecular weight is 210 g/mol. The number of hydrogen-bond donors (Lipinski definition) is 1. The van der Waals surface area contributed by atoms with Crippen LogP contribution >= 0.6 is 0 Å². The molecule has 3 heteroatoms. The molecule has 0 aliphatic carbocycles. The van der Waals surface area contributed by atoms with E-state index in [2.05, 4.69) is 30.6 Å². The summed E-state index contributed by atoms with van der Waals surface area (Å²) in [5.41, 5.74) is 0. The van der Waals surface area contributed by atoms with Gasteiger partial charge in [-0.25, -0.2) is 0 Å². The molecule has 0 spiro atoms.